The first-order chi connectivity index (χ1) is 14.6. The van der Waals surface area contributed by atoms with Crippen molar-refractivity contribution in [3.05, 3.63) is 64.7 Å². The van der Waals surface area contributed by atoms with E-state index in [-0.39, 0.29) is 22.5 Å². The lowest BCUT2D eigenvalue weighted by Gasteiger charge is -2.31. The number of amides is 1. The maximum Gasteiger partial charge on any atom is 0.253 e. The lowest BCUT2D eigenvalue weighted by Crippen LogP contribution is -2.40. The van der Waals surface area contributed by atoms with Gasteiger partial charge in [0.05, 0.1) is 4.90 Å². The number of benzene rings is 2. The average Bonchev–Trinajstić information content (AvgIpc) is 2.72. The van der Waals surface area contributed by atoms with Gasteiger partial charge in [-0.2, -0.15) is 0 Å². The average molecular weight is 443 g/mol. The molecule has 1 amide bonds. The van der Waals surface area contributed by atoms with Gasteiger partial charge in [-0.25, -0.2) is 13.6 Å². The van der Waals surface area contributed by atoms with Gasteiger partial charge in [0.15, 0.2) is 5.78 Å². The molecule has 166 valence electrons. The molecular weight excluding hydrogens is 412 g/mol. The Labute approximate surface area is 184 Å². The van der Waals surface area contributed by atoms with Gasteiger partial charge in [-0.05, 0) is 55.4 Å². The third-order valence-electron chi connectivity index (χ3n) is 5.78. The van der Waals surface area contributed by atoms with Gasteiger partial charge in [-0.1, -0.05) is 44.2 Å². The summed E-state index contributed by atoms with van der Waals surface area (Å²) in [6, 6.07) is 12.4. The normalized spacial score (nSPS) is 15.3. The number of Topliss-reactive ketones (excluding diaryl/α,β-unsaturated/α-hetero) is 1. The van der Waals surface area contributed by atoms with Crippen LogP contribution < -0.4 is 5.14 Å². The van der Waals surface area contributed by atoms with E-state index in [2.05, 4.69) is 13.8 Å². The molecule has 6 nitrogen and oxygen atoms in total. The number of carbonyl (C=O) groups is 2. The molecule has 7 heteroatoms. The minimum atomic E-state index is -3.90. The fraction of sp³-hybridized carbons (Fsp3) is 0.417. The predicted molar refractivity (Wildman–Crippen MR) is 120 cm³/mol. The van der Waals surface area contributed by atoms with Crippen LogP contribution in [0.1, 0.15) is 58.5 Å². The molecule has 0 atom stereocenters. The van der Waals surface area contributed by atoms with Crippen molar-refractivity contribution in [1.82, 2.24) is 4.90 Å². The van der Waals surface area contributed by atoms with Crippen LogP contribution in [0.3, 0.4) is 0 Å². The SMILES string of the molecule is Cc1ccc(C(=O)N2CCC(C(=O)c3ccc(CC(C)C)cc3)CC2)cc1S(N)(=O)=O. The Kier molecular flexibility index (Phi) is 6.96. The van der Waals surface area contributed by atoms with Gasteiger partial charge < -0.3 is 4.90 Å². The van der Waals surface area contributed by atoms with Crippen LogP contribution in [0.2, 0.25) is 0 Å². The first-order valence-electron chi connectivity index (χ1n) is 10.6. The Morgan fingerprint density at radius 3 is 2.16 bits per heavy atom. The molecule has 1 saturated heterocycles. The van der Waals surface area contributed by atoms with E-state index in [1.807, 2.05) is 24.3 Å². The third-order valence-corrected chi connectivity index (χ3v) is 6.83. The molecule has 1 fully saturated rings. The summed E-state index contributed by atoms with van der Waals surface area (Å²) in [6.45, 7) is 6.89. The predicted octanol–water partition coefficient (Wildman–Crippen LogP) is 3.58. The number of nitrogens with two attached hydrogens (primary N) is 1. The molecule has 0 aliphatic carbocycles. The van der Waals surface area contributed by atoms with Crippen molar-refractivity contribution in [3.8, 4) is 0 Å². The highest BCUT2D eigenvalue weighted by atomic mass is 32.2. The van der Waals surface area contributed by atoms with Gasteiger partial charge in [0.1, 0.15) is 0 Å². The Morgan fingerprint density at radius 2 is 1.61 bits per heavy atom. The van der Waals surface area contributed by atoms with Gasteiger partial charge in [-0.15, -0.1) is 0 Å². The van der Waals surface area contributed by atoms with E-state index in [0.717, 1.165) is 6.42 Å². The Balaban J connectivity index is 1.64. The molecule has 2 N–H and O–H groups in total. The fourth-order valence-electron chi connectivity index (χ4n) is 4.08. The Morgan fingerprint density at radius 1 is 1.03 bits per heavy atom. The number of aryl methyl sites for hydroxylation is 1. The summed E-state index contributed by atoms with van der Waals surface area (Å²) in [4.78, 5) is 27.4. The van der Waals surface area contributed by atoms with Crippen LogP contribution in [0.25, 0.3) is 0 Å². The van der Waals surface area contributed by atoms with Crippen LogP contribution in [0.15, 0.2) is 47.4 Å². The molecule has 2 aromatic carbocycles. The van der Waals surface area contributed by atoms with E-state index in [1.165, 1.54) is 11.6 Å². The molecule has 3 rings (SSSR count). The van der Waals surface area contributed by atoms with Crippen molar-refractivity contribution in [2.24, 2.45) is 17.0 Å². The van der Waals surface area contributed by atoms with E-state index in [0.29, 0.717) is 48.5 Å². The first kappa shape index (κ1) is 23.2. The Bertz CT molecular complexity index is 1070. The summed E-state index contributed by atoms with van der Waals surface area (Å²) in [5.41, 5.74) is 2.74. The van der Waals surface area contributed by atoms with Crippen LogP contribution >= 0.6 is 0 Å². The van der Waals surface area contributed by atoms with Crippen molar-refractivity contribution >= 4 is 21.7 Å². The molecule has 0 spiro atoms. The molecule has 0 aromatic heterocycles. The number of primary sulfonamides is 1. The number of hydrogen-bond donors (Lipinski definition) is 1. The fourth-order valence-corrected chi connectivity index (χ4v) is 4.89. The van der Waals surface area contributed by atoms with Gasteiger partial charge in [-0.3, -0.25) is 9.59 Å². The van der Waals surface area contributed by atoms with E-state index in [9.17, 15) is 18.0 Å². The largest absolute Gasteiger partial charge is 0.339 e. The second-order valence-electron chi connectivity index (χ2n) is 8.75. The van der Waals surface area contributed by atoms with Gasteiger partial charge in [0.25, 0.3) is 5.91 Å². The number of likely N-dealkylation sites (tertiary alicyclic amines) is 1. The number of sulfonamides is 1. The maximum atomic E-state index is 12.9. The van der Waals surface area contributed by atoms with Gasteiger partial charge >= 0.3 is 0 Å². The monoisotopic (exact) mass is 442 g/mol. The number of nitrogens with zero attached hydrogens (tertiary/aromatic N) is 1. The highest BCUT2D eigenvalue weighted by molar-refractivity contribution is 7.89. The molecule has 1 heterocycles. The standard InChI is InChI=1S/C24H30N2O4S/c1-16(2)14-18-5-8-19(9-6-18)23(27)20-10-12-26(13-11-20)24(28)21-7-4-17(3)22(15-21)31(25,29)30/h4-9,15-16,20H,10-14H2,1-3H3,(H2,25,29,30). The summed E-state index contributed by atoms with van der Waals surface area (Å²) in [7, 11) is -3.90. The maximum absolute atomic E-state index is 12.9. The van der Waals surface area contributed by atoms with Crippen molar-refractivity contribution in [1.29, 1.82) is 0 Å². The van der Waals surface area contributed by atoms with Crippen molar-refractivity contribution in [3.63, 3.8) is 0 Å². The van der Waals surface area contributed by atoms with Crippen molar-refractivity contribution in [2.75, 3.05) is 13.1 Å². The zero-order chi connectivity index (χ0) is 22.8. The summed E-state index contributed by atoms with van der Waals surface area (Å²) < 4.78 is 23.5. The van der Waals surface area contributed by atoms with Crippen LogP contribution in [0, 0.1) is 18.8 Å². The molecule has 1 aliphatic rings. The first-order valence-corrected chi connectivity index (χ1v) is 12.2. The minimum absolute atomic E-state index is 0.0377. The van der Waals surface area contributed by atoms with Crippen LogP contribution in [0.4, 0.5) is 0 Å². The topological polar surface area (TPSA) is 97.5 Å². The lowest BCUT2D eigenvalue weighted by molar-refractivity contribution is 0.0650. The van der Waals surface area contributed by atoms with Crippen molar-refractivity contribution < 1.29 is 18.0 Å². The second-order valence-corrected chi connectivity index (χ2v) is 10.3. The molecule has 31 heavy (non-hydrogen) atoms. The number of carbonyl (C=O) groups excluding carboxylic acids is 2. The minimum Gasteiger partial charge on any atom is -0.339 e. The lowest BCUT2D eigenvalue weighted by atomic mass is 9.88. The van der Waals surface area contributed by atoms with Crippen molar-refractivity contribution in [2.45, 2.75) is 44.9 Å². The van der Waals surface area contributed by atoms with E-state index in [1.54, 1.807) is 24.0 Å². The molecule has 0 radical (unpaired) electrons. The molecule has 1 aliphatic heterocycles. The summed E-state index contributed by atoms with van der Waals surface area (Å²) >= 11 is 0. The van der Waals surface area contributed by atoms with Gasteiger partial charge in [0, 0.05) is 30.1 Å². The number of rotatable bonds is 6. The number of ketones is 1. The highest BCUT2D eigenvalue weighted by Crippen LogP contribution is 2.24. The van der Waals surface area contributed by atoms with Crippen LogP contribution in [-0.2, 0) is 16.4 Å². The molecular formula is C24H30N2O4S. The van der Waals surface area contributed by atoms with E-state index < -0.39 is 10.0 Å². The van der Waals surface area contributed by atoms with E-state index in [4.69, 9.17) is 5.14 Å². The van der Waals surface area contributed by atoms with Crippen LogP contribution in [-0.4, -0.2) is 38.1 Å². The second kappa shape index (κ2) is 9.32. The summed E-state index contributed by atoms with van der Waals surface area (Å²) in [6.07, 6.45) is 2.17. The summed E-state index contributed by atoms with van der Waals surface area (Å²) in [5, 5.41) is 5.25. The van der Waals surface area contributed by atoms with E-state index >= 15 is 0 Å². The molecule has 2 aromatic rings. The number of piperidine rings is 1. The number of hydrogen-bond acceptors (Lipinski definition) is 4. The molecule has 0 saturated carbocycles. The zero-order valence-electron chi connectivity index (χ0n) is 18.3. The zero-order valence-corrected chi connectivity index (χ0v) is 19.1. The summed E-state index contributed by atoms with van der Waals surface area (Å²) in [5.74, 6) is 0.333. The van der Waals surface area contributed by atoms with Crippen LogP contribution in [0.5, 0.6) is 0 Å². The third kappa shape index (κ3) is 5.60. The van der Waals surface area contributed by atoms with Gasteiger partial charge in [0.2, 0.25) is 10.0 Å². The molecule has 0 bridgehead atoms. The smallest absolute Gasteiger partial charge is 0.253 e. The Hall–Kier alpha value is -2.51. The molecule has 0 unspecified atom stereocenters. The highest BCUT2D eigenvalue weighted by Gasteiger charge is 2.29. The quantitative estimate of drug-likeness (QED) is 0.692.